The van der Waals surface area contributed by atoms with E-state index in [1.54, 1.807) is 32.4 Å². The minimum absolute atomic E-state index is 0. The lowest BCUT2D eigenvalue weighted by Crippen LogP contribution is -2.48. The summed E-state index contributed by atoms with van der Waals surface area (Å²) in [7, 11) is 4.88. The molecule has 0 aromatic heterocycles. The second kappa shape index (κ2) is 13.1. The molecule has 0 aliphatic carbocycles. The highest BCUT2D eigenvalue weighted by Crippen LogP contribution is 2.23. The Bertz CT molecular complexity index is 908. The fraction of sp³-hybridized carbons (Fsp3) is 0.435. The van der Waals surface area contributed by atoms with Crippen LogP contribution < -0.4 is 20.1 Å². The Balaban J connectivity index is 0.00000363. The van der Waals surface area contributed by atoms with E-state index in [4.69, 9.17) is 21.1 Å². The van der Waals surface area contributed by atoms with Gasteiger partial charge >= 0.3 is 0 Å². The number of hydrogen-bond acceptors (Lipinski definition) is 4. The number of benzene rings is 2. The van der Waals surface area contributed by atoms with Gasteiger partial charge in [0.25, 0.3) is 0 Å². The topological polar surface area (TPSA) is 58.1 Å². The van der Waals surface area contributed by atoms with Crippen LogP contribution in [-0.4, -0.2) is 51.3 Å². The summed E-state index contributed by atoms with van der Waals surface area (Å²) in [4.78, 5) is 6.68. The van der Waals surface area contributed by atoms with Crippen LogP contribution in [0.25, 0.3) is 0 Å². The number of rotatable bonds is 7. The first-order valence-electron chi connectivity index (χ1n) is 10.4. The first-order chi connectivity index (χ1) is 15.0. The summed E-state index contributed by atoms with van der Waals surface area (Å²) >= 11 is 6.03. The molecule has 3 rings (SSSR count). The number of nitrogens with zero attached hydrogens (tertiary/aromatic N) is 2. The Labute approximate surface area is 211 Å². The molecule has 176 valence electrons. The molecule has 0 atom stereocenters. The van der Waals surface area contributed by atoms with Gasteiger partial charge in [0.1, 0.15) is 5.75 Å². The predicted octanol–water partition coefficient (Wildman–Crippen LogP) is 4.44. The van der Waals surface area contributed by atoms with Crippen LogP contribution in [0, 0.1) is 5.82 Å². The molecule has 0 bridgehead atoms. The van der Waals surface area contributed by atoms with Crippen molar-refractivity contribution in [1.82, 2.24) is 15.5 Å². The lowest BCUT2D eigenvalue weighted by Gasteiger charge is -2.33. The van der Waals surface area contributed by atoms with Crippen molar-refractivity contribution in [3.8, 4) is 11.5 Å². The Morgan fingerprint density at radius 3 is 2.47 bits per heavy atom. The van der Waals surface area contributed by atoms with Crippen molar-refractivity contribution in [1.29, 1.82) is 0 Å². The van der Waals surface area contributed by atoms with Crippen LogP contribution in [0.3, 0.4) is 0 Å². The third kappa shape index (κ3) is 7.38. The molecule has 6 nitrogen and oxygen atoms in total. The van der Waals surface area contributed by atoms with Crippen LogP contribution >= 0.6 is 35.6 Å². The smallest absolute Gasteiger partial charge is 0.191 e. The second-order valence-electron chi connectivity index (χ2n) is 7.55. The third-order valence-corrected chi connectivity index (χ3v) is 5.70. The highest BCUT2D eigenvalue weighted by Gasteiger charge is 2.20. The van der Waals surface area contributed by atoms with Crippen molar-refractivity contribution < 1.29 is 13.9 Å². The van der Waals surface area contributed by atoms with Crippen LogP contribution in [0.5, 0.6) is 11.5 Å². The van der Waals surface area contributed by atoms with E-state index in [2.05, 4.69) is 20.5 Å². The monoisotopic (exact) mass is 576 g/mol. The van der Waals surface area contributed by atoms with Crippen LogP contribution in [0.4, 0.5) is 4.39 Å². The van der Waals surface area contributed by atoms with E-state index in [-0.39, 0.29) is 35.5 Å². The molecule has 0 saturated carbocycles. The van der Waals surface area contributed by atoms with Crippen molar-refractivity contribution in [3.05, 3.63) is 58.4 Å². The Morgan fingerprint density at radius 1 is 1.12 bits per heavy atom. The highest BCUT2D eigenvalue weighted by atomic mass is 127. The highest BCUT2D eigenvalue weighted by molar-refractivity contribution is 14.0. The predicted molar refractivity (Wildman–Crippen MR) is 138 cm³/mol. The number of guanidine groups is 1. The number of halogens is 3. The molecule has 1 heterocycles. The zero-order valence-electron chi connectivity index (χ0n) is 18.7. The Hall–Kier alpha value is -1.78. The lowest BCUT2D eigenvalue weighted by molar-refractivity contribution is 0.198. The van der Waals surface area contributed by atoms with E-state index < -0.39 is 0 Å². The molecule has 0 spiro atoms. The summed E-state index contributed by atoms with van der Waals surface area (Å²) in [6.07, 6.45) is 1.98. The van der Waals surface area contributed by atoms with Gasteiger partial charge in [-0.05, 0) is 42.7 Å². The van der Waals surface area contributed by atoms with Gasteiger partial charge in [0.2, 0.25) is 0 Å². The summed E-state index contributed by atoms with van der Waals surface area (Å²) in [5.74, 6) is 1.47. The SMILES string of the molecule is CN=C(NCc1ccc(Cl)cc1OC)NC1CCN(Cc2ccc(OC)c(F)c2)CC1.I. The number of piperidine rings is 1. The van der Waals surface area contributed by atoms with Gasteiger partial charge in [-0.2, -0.15) is 0 Å². The van der Waals surface area contributed by atoms with Crippen molar-refractivity contribution in [3.63, 3.8) is 0 Å². The van der Waals surface area contributed by atoms with E-state index in [0.29, 0.717) is 17.6 Å². The lowest BCUT2D eigenvalue weighted by atomic mass is 10.0. The molecular formula is C23H31ClFIN4O2. The van der Waals surface area contributed by atoms with E-state index in [0.717, 1.165) is 55.3 Å². The first-order valence-corrected chi connectivity index (χ1v) is 10.7. The second-order valence-corrected chi connectivity index (χ2v) is 7.98. The van der Waals surface area contributed by atoms with Gasteiger partial charge in [0.05, 0.1) is 14.2 Å². The Kier molecular flexibility index (Phi) is 10.8. The summed E-state index contributed by atoms with van der Waals surface area (Å²) in [6.45, 7) is 3.19. The molecule has 9 heteroatoms. The van der Waals surface area contributed by atoms with Gasteiger partial charge in [0.15, 0.2) is 17.5 Å². The summed E-state index contributed by atoms with van der Waals surface area (Å²) in [5, 5.41) is 7.49. The fourth-order valence-corrected chi connectivity index (χ4v) is 3.90. The summed E-state index contributed by atoms with van der Waals surface area (Å²) < 4.78 is 24.3. The number of methoxy groups -OCH3 is 2. The average molecular weight is 577 g/mol. The number of nitrogens with one attached hydrogen (secondary N) is 2. The van der Waals surface area contributed by atoms with Crippen molar-refractivity contribution in [2.45, 2.75) is 32.0 Å². The summed E-state index contributed by atoms with van der Waals surface area (Å²) in [6, 6.07) is 11.1. The number of likely N-dealkylation sites (tertiary alicyclic amines) is 1. The van der Waals surface area contributed by atoms with E-state index in [1.807, 2.05) is 18.2 Å². The van der Waals surface area contributed by atoms with Crippen molar-refractivity contribution >= 4 is 41.5 Å². The van der Waals surface area contributed by atoms with Crippen LogP contribution in [0.15, 0.2) is 41.4 Å². The quantitative estimate of drug-likeness (QED) is 0.290. The van der Waals surface area contributed by atoms with E-state index in [9.17, 15) is 4.39 Å². The molecule has 1 saturated heterocycles. The zero-order chi connectivity index (χ0) is 22.2. The molecule has 1 aliphatic heterocycles. The normalized spacial score (nSPS) is 15.1. The maximum absolute atomic E-state index is 13.9. The van der Waals surface area contributed by atoms with E-state index >= 15 is 0 Å². The maximum Gasteiger partial charge on any atom is 0.191 e. The van der Waals surface area contributed by atoms with Gasteiger partial charge in [0, 0.05) is 49.9 Å². The molecule has 32 heavy (non-hydrogen) atoms. The molecular weight excluding hydrogens is 546 g/mol. The minimum atomic E-state index is -0.316. The van der Waals surface area contributed by atoms with Crippen LogP contribution in [0.1, 0.15) is 24.0 Å². The number of hydrogen-bond donors (Lipinski definition) is 2. The third-order valence-electron chi connectivity index (χ3n) is 5.47. The minimum Gasteiger partial charge on any atom is -0.496 e. The van der Waals surface area contributed by atoms with Gasteiger partial charge in [-0.25, -0.2) is 4.39 Å². The zero-order valence-corrected chi connectivity index (χ0v) is 21.7. The first kappa shape index (κ1) is 26.5. The standard InChI is InChI=1S/C23H30ClFN4O2.HI/c1-26-23(27-14-17-5-6-18(24)13-22(17)31-3)28-19-8-10-29(11-9-19)15-16-4-7-21(30-2)20(25)12-16;/h4-7,12-13,19H,8-11,14-15H2,1-3H3,(H2,26,27,28);1H. The van der Waals surface area contributed by atoms with Gasteiger partial charge in [-0.1, -0.05) is 23.7 Å². The molecule has 2 aromatic carbocycles. The van der Waals surface area contributed by atoms with Crippen molar-refractivity contribution in [2.75, 3.05) is 34.4 Å². The molecule has 0 unspecified atom stereocenters. The molecule has 2 aromatic rings. The fourth-order valence-electron chi connectivity index (χ4n) is 3.73. The molecule has 0 radical (unpaired) electrons. The van der Waals surface area contributed by atoms with Crippen LogP contribution in [0.2, 0.25) is 5.02 Å². The van der Waals surface area contributed by atoms with Gasteiger partial charge < -0.3 is 20.1 Å². The number of aliphatic imine (C=N–C) groups is 1. The molecule has 0 amide bonds. The largest absolute Gasteiger partial charge is 0.496 e. The van der Waals surface area contributed by atoms with Crippen LogP contribution in [-0.2, 0) is 13.1 Å². The van der Waals surface area contributed by atoms with Gasteiger partial charge in [-0.15, -0.1) is 24.0 Å². The molecule has 1 fully saturated rings. The van der Waals surface area contributed by atoms with Crippen molar-refractivity contribution in [2.24, 2.45) is 4.99 Å². The number of ether oxygens (including phenoxy) is 2. The average Bonchev–Trinajstić information content (AvgIpc) is 2.78. The Morgan fingerprint density at radius 2 is 1.84 bits per heavy atom. The summed E-state index contributed by atoms with van der Waals surface area (Å²) in [5.41, 5.74) is 1.97. The van der Waals surface area contributed by atoms with E-state index in [1.165, 1.54) is 7.11 Å². The molecule has 1 aliphatic rings. The maximum atomic E-state index is 13.9. The van der Waals surface area contributed by atoms with Gasteiger partial charge in [-0.3, -0.25) is 9.89 Å². The molecule has 2 N–H and O–H groups in total.